The first-order valence-electron chi connectivity index (χ1n) is 13.8. The van der Waals surface area contributed by atoms with E-state index in [2.05, 4.69) is 5.10 Å². The van der Waals surface area contributed by atoms with Crippen molar-refractivity contribution in [2.45, 2.75) is 18.7 Å². The van der Waals surface area contributed by atoms with Gasteiger partial charge in [-0.3, -0.25) is 14.9 Å². The van der Waals surface area contributed by atoms with Gasteiger partial charge in [-0.15, -0.1) is 0 Å². The fourth-order valence-electron chi connectivity index (χ4n) is 5.36. The maximum Gasteiger partial charge on any atom is 0.295 e. The van der Waals surface area contributed by atoms with E-state index in [1.54, 1.807) is 48.5 Å². The fourth-order valence-corrected chi connectivity index (χ4v) is 6.78. The molecular weight excluding hydrogens is 566 g/mol. The molecule has 5 aromatic rings. The number of nitrogens with zero attached hydrogens (tertiary/aromatic N) is 5. The van der Waals surface area contributed by atoms with Crippen molar-refractivity contribution in [2.75, 3.05) is 31.1 Å². The van der Waals surface area contributed by atoms with Crippen molar-refractivity contribution < 1.29 is 13.3 Å². The molecule has 0 saturated carbocycles. The van der Waals surface area contributed by atoms with Gasteiger partial charge in [0.1, 0.15) is 5.69 Å². The van der Waals surface area contributed by atoms with Gasteiger partial charge in [0.2, 0.25) is 10.0 Å². The quantitative estimate of drug-likeness (QED) is 0.198. The maximum absolute atomic E-state index is 13.7. The maximum atomic E-state index is 13.7. The van der Waals surface area contributed by atoms with Crippen LogP contribution in [0.25, 0.3) is 27.7 Å². The Kier molecular flexibility index (Phi) is 7.28. The molecule has 0 amide bonds. The van der Waals surface area contributed by atoms with Gasteiger partial charge in [0.25, 0.3) is 11.2 Å². The Hall–Kier alpha value is -4.87. The number of nitro benzene ring substituents is 1. The van der Waals surface area contributed by atoms with Crippen LogP contribution < -0.4 is 10.5 Å². The Bertz CT molecular complexity index is 2020. The van der Waals surface area contributed by atoms with Crippen molar-refractivity contribution in [3.8, 4) is 16.9 Å². The molecular formula is C32H29N5O5S. The van der Waals surface area contributed by atoms with Crippen molar-refractivity contribution >= 4 is 32.2 Å². The van der Waals surface area contributed by atoms with E-state index in [4.69, 9.17) is 0 Å². The second-order valence-corrected chi connectivity index (χ2v) is 12.5. The zero-order valence-electron chi connectivity index (χ0n) is 23.7. The Balaban J connectivity index is 1.39. The van der Waals surface area contributed by atoms with Crippen molar-refractivity contribution in [2.24, 2.45) is 0 Å². The predicted molar refractivity (Wildman–Crippen MR) is 166 cm³/mol. The molecule has 1 saturated heterocycles. The lowest BCUT2D eigenvalue weighted by molar-refractivity contribution is -0.384. The van der Waals surface area contributed by atoms with Gasteiger partial charge in [0.05, 0.1) is 20.9 Å². The van der Waals surface area contributed by atoms with Crippen molar-refractivity contribution in [3.63, 3.8) is 0 Å². The van der Waals surface area contributed by atoms with E-state index in [0.717, 1.165) is 21.4 Å². The zero-order chi connectivity index (χ0) is 30.3. The van der Waals surface area contributed by atoms with Crippen LogP contribution in [0.2, 0.25) is 0 Å². The van der Waals surface area contributed by atoms with Gasteiger partial charge in [-0.25, -0.2) is 8.42 Å². The van der Waals surface area contributed by atoms with Gasteiger partial charge in [0, 0.05) is 48.9 Å². The summed E-state index contributed by atoms with van der Waals surface area (Å²) in [4.78, 5) is 27.5. The summed E-state index contributed by atoms with van der Waals surface area (Å²) in [6.45, 7) is 5.11. The molecule has 11 heteroatoms. The molecule has 1 aromatic heterocycles. The summed E-state index contributed by atoms with van der Waals surface area (Å²) in [7, 11) is -3.65. The van der Waals surface area contributed by atoms with Crippen molar-refractivity contribution in [3.05, 3.63) is 123 Å². The van der Waals surface area contributed by atoms with E-state index in [-0.39, 0.29) is 29.4 Å². The molecule has 218 valence electrons. The van der Waals surface area contributed by atoms with E-state index in [9.17, 15) is 23.3 Å². The number of hydrogen-bond acceptors (Lipinski definition) is 7. The molecule has 0 aliphatic carbocycles. The first-order chi connectivity index (χ1) is 20.6. The molecule has 6 rings (SSSR count). The van der Waals surface area contributed by atoms with Gasteiger partial charge in [-0.1, -0.05) is 65.7 Å². The lowest BCUT2D eigenvalue weighted by Crippen LogP contribution is -2.48. The number of aryl methyl sites for hydroxylation is 2. The molecule has 0 radical (unpaired) electrons. The third kappa shape index (κ3) is 5.28. The van der Waals surface area contributed by atoms with Gasteiger partial charge in [-0.2, -0.15) is 14.1 Å². The summed E-state index contributed by atoms with van der Waals surface area (Å²) in [5.74, 6) is 0. The van der Waals surface area contributed by atoms with E-state index < -0.39 is 20.5 Å². The average Bonchev–Trinajstić information content (AvgIpc) is 3.02. The van der Waals surface area contributed by atoms with Gasteiger partial charge in [0.15, 0.2) is 0 Å². The summed E-state index contributed by atoms with van der Waals surface area (Å²) in [5, 5.41) is 17.9. The Labute approximate surface area is 248 Å². The number of nitro groups is 1. The smallest absolute Gasteiger partial charge is 0.295 e. The topological polar surface area (TPSA) is 119 Å². The second kappa shape index (κ2) is 11.1. The van der Waals surface area contributed by atoms with Crippen LogP contribution in [0.5, 0.6) is 0 Å². The summed E-state index contributed by atoms with van der Waals surface area (Å²) in [6.07, 6.45) is 0. The molecule has 1 aliphatic rings. The van der Waals surface area contributed by atoms with Gasteiger partial charge in [-0.05, 0) is 44.2 Å². The number of piperazine rings is 1. The number of sulfonamides is 1. The van der Waals surface area contributed by atoms with E-state index in [0.29, 0.717) is 35.2 Å². The Morgan fingerprint density at radius 3 is 2.02 bits per heavy atom. The van der Waals surface area contributed by atoms with E-state index in [1.165, 1.54) is 10.4 Å². The minimum absolute atomic E-state index is 0.0429. The highest BCUT2D eigenvalue weighted by Gasteiger charge is 2.30. The van der Waals surface area contributed by atoms with Gasteiger partial charge < -0.3 is 4.90 Å². The van der Waals surface area contributed by atoms with Crippen LogP contribution in [-0.2, 0) is 10.0 Å². The molecule has 10 nitrogen and oxygen atoms in total. The number of aromatic nitrogens is 2. The highest BCUT2D eigenvalue weighted by Crippen LogP contribution is 2.31. The number of benzene rings is 4. The number of rotatable bonds is 6. The van der Waals surface area contributed by atoms with Crippen LogP contribution >= 0.6 is 0 Å². The molecule has 1 aliphatic heterocycles. The van der Waals surface area contributed by atoms with Crippen LogP contribution in [0.15, 0.2) is 101 Å². The van der Waals surface area contributed by atoms with Crippen molar-refractivity contribution in [1.29, 1.82) is 0 Å². The van der Waals surface area contributed by atoms with E-state index in [1.807, 2.05) is 55.1 Å². The fraction of sp³-hybridized carbons (Fsp3) is 0.188. The SMILES string of the molecule is Cc1ccc(-c2nn(-c3cc(N4CCN(S(=O)(=O)c5ccc(C)cc5)CC4)ccc3[N+](=O)[O-])c(=O)c3ccccc23)cc1. The Morgan fingerprint density at radius 2 is 1.40 bits per heavy atom. The first kappa shape index (κ1) is 28.3. The lowest BCUT2D eigenvalue weighted by atomic mass is 10.0. The average molecular weight is 596 g/mol. The second-order valence-electron chi connectivity index (χ2n) is 10.6. The first-order valence-corrected chi connectivity index (χ1v) is 15.3. The van der Waals surface area contributed by atoms with Crippen LogP contribution in [0, 0.1) is 24.0 Å². The molecule has 1 fully saturated rings. The molecule has 4 aromatic carbocycles. The van der Waals surface area contributed by atoms with E-state index >= 15 is 0 Å². The number of anilines is 1. The highest BCUT2D eigenvalue weighted by atomic mass is 32.2. The molecule has 2 heterocycles. The molecule has 0 spiro atoms. The monoisotopic (exact) mass is 595 g/mol. The predicted octanol–water partition coefficient (Wildman–Crippen LogP) is 5.09. The van der Waals surface area contributed by atoms with Crippen molar-refractivity contribution in [1.82, 2.24) is 14.1 Å². The lowest BCUT2D eigenvalue weighted by Gasteiger charge is -2.35. The van der Waals surface area contributed by atoms with Crippen LogP contribution in [0.3, 0.4) is 0 Å². The third-order valence-corrected chi connectivity index (χ3v) is 9.69. The molecule has 43 heavy (non-hydrogen) atoms. The molecule has 0 unspecified atom stereocenters. The summed E-state index contributed by atoms with van der Waals surface area (Å²) in [5.41, 5.74) is 3.29. The minimum Gasteiger partial charge on any atom is -0.369 e. The molecule has 0 bridgehead atoms. The summed E-state index contributed by atoms with van der Waals surface area (Å²) in [6, 6.07) is 26.1. The number of hydrogen-bond donors (Lipinski definition) is 0. The third-order valence-electron chi connectivity index (χ3n) is 7.78. The van der Waals surface area contributed by atoms with Crippen LogP contribution in [0.4, 0.5) is 11.4 Å². The number of fused-ring (bicyclic) bond motifs is 1. The normalized spacial score (nSPS) is 14.2. The zero-order valence-corrected chi connectivity index (χ0v) is 24.5. The Morgan fingerprint density at radius 1 is 0.791 bits per heavy atom. The van der Waals surface area contributed by atoms with Crippen LogP contribution in [0.1, 0.15) is 11.1 Å². The minimum atomic E-state index is -3.65. The largest absolute Gasteiger partial charge is 0.369 e. The summed E-state index contributed by atoms with van der Waals surface area (Å²) < 4.78 is 29.0. The van der Waals surface area contributed by atoms with Gasteiger partial charge >= 0.3 is 0 Å². The van der Waals surface area contributed by atoms with Crippen LogP contribution in [-0.4, -0.2) is 53.6 Å². The highest BCUT2D eigenvalue weighted by molar-refractivity contribution is 7.89. The molecule has 0 N–H and O–H groups in total. The molecule has 0 atom stereocenters. The standard InChI is InChI=1S/C32H29N5O5S/c1-22-7-11-24(12-8-22)31-27-5-3-4-6-28(27)32(38)36(33-31)30-21-25(13-16-29(30)37(39)40)34-17-19-35(20-18-34)43(41,42)26-14-9-23(2)10-15-26/h3-16,21H,17-20H2,1-2H3. The summed E-state index contributed by atoms with van der Waals surface area (Å²) >= 11 is 0.